The van der Waals surface area contributed by atoms with Crippen LogP contribution < -0.4 is 5.32 Å². The molecule has 0 aliphatic carbocycles. The molecule has 11 heteroatoms. The zero-order valence-corrected chi connectivity index (χ0v) is 56.8. The van der Waals surface area contributed by atoms with Crippen LogP contribution in [0, 0.1) is 0 Å². The number of amides is 1. The number of aliphatic hydroxyl groups is 7. The van der Waals surface area contributed by atoms with Gasteiger partial charge < -0.3 is 50.5 Å². The number of hydrogen-bond donors (Lipinski definition) is 8. The highest BCUT2D eigenvalue weighted by Gasteiger charge is 2.44. The summed E-state index contributed by atoms with van der Waals surface area (Å²) in [4.78, 5) is 13.3. The van der Waals surface area contributed by atoms with Gasteiger partial charge in [0, 0.05) is 0 Å². The topological polar surface area (TPSA) is 189 Å². The maximum absolute atomic E-state index is 13.3. The number of carbonyl (C=O) groups excluding carboxylic acids is 1. The van der Waals surface area contributed by atoms with Crippen LogP contribution in [-0.4, -0.2) is 110 Å². The molecule has 0 radical (unpaired) electrons. The van der Waals surface area contributed by atoms with E-state index < -0.39 is 74.2 Å². The Labute approximate surface area is 532 Å². The van der Waals surface area contributed by atoms with Crippen LogP contribution in [0.4, 0.5) is 0 Å². The van der Waals surface area contributed by atoms with E-state index in [1.165, 1.54) is 315 Å². The molecule has 0 aromatic carbocycles. The van der Waals surface area contributed by atoms with E-state index in [1.807, 2.05) is 0 Å². The molecule has 1 fully saturated rings. The van der Waals surface area contributed by atoms with Gasteiger partial charge in [-0.15, -0.1) is 0 Å². The van der Waals surface area contributed by atoms with Gasteiger partial charge in [0.1, 0.15) is 36.6 Å². The Morgan fingerprint density at radius 2 is 0.674 bits per heavy atom. The van der Waals surface area contributed by atoms with E-state index in [-0.39, 0.29) is 6.42 Å². The highest BCUT2D eigenvalue weighted by atomic mass is 16.7. The second-order valence-corrected chi connectivity index (χ2v) is 27.1. The maximum atomic E-state index is 13.3. The minimum Gasteiger partial charge on any atom is -0.394 e. The lowest BCUT2D eigenvalue weighted by molar-refractivity contribution is -0.303. The van der Waals surface area contributed by atoms with Gasteiger partial charge in [-0.3, -0.25) is 4.79 Å². The molecule has 8 N–H and O–H groups in total. The van der Waals surface area contributed by atoms with Crippen molar-refractivity contribution in [3.8, 4) is 0 Å². The van der Waals surface area contributed by atoms with Gasteiger partial charge in [-0.2, -0.15) is 0 Å². The van der Waals surface area contributed by atoms with Crippen LogP contribution in [0.25, 0.3) is 0 Å². The summed E-state index contributed by atoms with van der Waals surface area (Å²) in [6.45, 7) is 3.53. The molecule has 512 valence electrons. The summed E-state index contributed by atoms with van der Waals surface area (Å²) in [5, 5.41) is 76.6. The monoisotopic (exact) mass is 1220 g/mol. The van der Waals surface area contributed by atoms with E-state index in [0.717, 1.165) is 38.5 Å². The van der Waals surface area contributed by atoms with Crippen LogP contribution in [0.1, 0.15) is 393 Å². The molecule has 1 rings (SSSR count). The number of hydrogen-bond acceptors (Lipinski definition) is 10. The van der Waals surface area contributed by atoms with E-state index in [1.54, 1.807) is 0 Å². The van der Waals surface area contributed by atoms with Crippen LogP contribution >= 0.6 is 0 Å². The zero-order chi connectivity index (χ0) is 62.4. The molecule has 0 spiro atoms. The Kier molecular flexibility index (Phi) is 61.6. The molecule has 86 heavy (non-hydrogen) atoms. The first-order chi connectivity index (χ1) is 42.2. The lowest BCUT2D eigenvalue weighted by Crippen LogP contribution is -2.60. The number of rotatable bonds is 68. The van der Waals surface area contributed by atoms with Crippen molar-refractivity contribution in [2.75, 3.05) is 13.2 Å². The van der Waals surface area contributed by atoms with E-state index in [9.17, 15) is 40.5 Å². The van der Waals surface area contributed by atoms with Gasteiger partial charge in [-0.25, -0.2) is 0 Å². The molecule has 1 saturated heterocycles. The third-order valence-corrected chi connectivity index (χ3v) is 18.8. The molecule has 11 nitrogen and oxygen atoms in total. The molecule has 0 aromatic rings. The van der Waals surface area contributed by atoms with Crippen molar-refractivity contribution in [3.05, 3.63) is 12.2 Å². The van der Waals surface area contributed by atoms with E-state index in [4.69, 9.17) is 9.47 Å². The Morgan fingerprint density at radius 3 is 0.977 bits per heavy atom. The summed E-state index contributed by atoms with van der Waals surface area (Å²) in [7, 11) is 0. The van der Waals surface area contributed by atoms with Crippen LogP contribution in [-0.2, 0) is 14.3 Å². The third-order valence-electron chi connectivity index (χ3n) is 18.8. The third kappa shape index (κ3) is 50.5. The second-order valence-electron chi connectivity index (χ2n) is 27.1. The van der Waals surface area contributed by atoms with E-state index in [2.05, 4.69) is 31.3 Å². The summed E-state index contributed by atoms with van der Waals surface area (Å²) in [5.41, 5.74) is 0. The number of unbranched alkanes of at least 4 members (excludes halogenated alkanes) is 54. The largest absolute Gasteiger partial charge is 0.394 e. The molecular weight excluding hydrogens is 1070 g/mol. The average molecular weight is 1220 g/mol. The van der Waals surface area contributed by atoms with Crippen molar-refractivity contribution in [3.63, 3.8) is 0 Å². The van der Waals surface area contributed by atoms with Gasteiger partial charge in [0.05, 0.1) is 25.4 Å². The van der Waals surface area contributed by atoms with Gasteiger partial charge in [0.2, 0.25) is 5.91 Å². The highest BCUT2D eigenvalue weighted by Crippen LogP contribution is 2.24. The minimum atomic E-state index is -1.66. The molecule has 9 atom stereocenters. The highest BCUT2D eigenvalue weighted by molar-refractivity contribution is 5.80. The summed E-state index contributed by atoms with van der Waals surface area (Å²) in [6.07, 6.45) is 68.9. The van der Waals surface area contributed by atoms with Crippen molar-refractivity contribution in [2.45, 2.75) is 448 Å². The summed E-state index contributed by atoms with van der Waals surface area (Å²) in [5.74, 6) is -0.688. The Bertz CT molecular complexity index is 1400. The smallest absolute Gasteiger partial charge is 0.249 e. The Hall–Kier alpha value is -1.15. The summed E-state index contributed by atoms with van der Waals surface area (Å²) >= 11 is 0. The molecule has 1 aliphatic rings. The summed E-state index contributed by atoms with van der Waals surface area (Å²) in [6, 6.07) is -1.17. The number of allylic oxidation sites excluding steroid dienone is 2. The molecular formula is C75H147NO10. The first kappa shape index (κ1) is 82.9. The molecule has 1 amide bonds. The van der Waals surface area contributed by atoms with Crippen molar-refractivity contribution in [2.24, 2.45) is 0 Å². The first-order valence-electron chi connectivity index (χ1n) is 38.1. The molecule has 9 unspecified atom stereocenters. The fourth-order valence-corrected chi connectivity index (χ4v) is 12.7. The van der Waals surface area contributed by atoms with E-state index >= 15 is 0 Å². The van der Waals surface area contributed by atoms with Gasteiger partial charge in [0.25, 0.3) is 0 Å². The fraction of sp³-hybridized carbons (Fsp3) is 0.960. The molecule has 1 heterocycles. The Morgan fingerprint density at radius 1 is 0.395 bits per heavy atom. The zero-order valence-electron chi connectivity index (χ0n) is 56.8. The quantitative estimate of drug-likeness (QED) is 0.0215. The van der Waals surface area contributed by atoms with Crippen LogP contribution in [0.2, 0.25) is 0 Å². The standard InChI is InChI=1S/C75H147NO10/c1-3-5-7-9-11-13-15-17-19-21-23-25-27-28-29-30-31-32-33-34-35-36-37-38-39-41-43-45-47-49-51-53-55-57-59-61-63-68(79)74(84)76-66(65-85-75-73(83)72(82)71(81)69(64-77)86-75)70(80)67(78)62-60-58-56-54-52-50-48-46-44-42-40-26-24-22-20-18-16-14-12-10-8-6-4-2/h32-33,66-73,75,77-83H,3-31,34-65H2,1-2H3,(H,76,84)/b33-32-. The van der Waals surface area contributed by atoms with Gasteiger partial charge in [-0.05, 0) is 38.5 Å². The maximum Gasteiger partial charge on any atom is 0.249 e. The van der Waals surface area contributed by atoms with Gasteiger partial charge in [0.15, 0.2) is 6.29 Å². The second kappa shape index (κ2) is 64.0. The Balaban J connectivity index is 2.13. The van der Waals surface area contributed by atoms with Crippen molar-refractivity contribution < 1.29 is 50.0 Å². The molecule has 0 saturated carbocycles. The van der Waals surface area contributed by atoms with Crippen LogP contribution in [0.5, 0.6) is 0 Å². The number of ether oxygens (including phenoxy) is 2. The normalized spacial score (nSPS) is 18.7. The average Bonchev–Trinajstić information content (AvgIpc) is 2.54. The number of aliphatic hydroxyl groups excluding tert-OH is 7. The first-order valence-corrected chi connectivity index (χ1v) is 38.1. The van der Waals surface area contributed by atoms with E-state index in [0.29, 0.717) is 19.3 Å². The predicted molar refractivity (Wildman–Crippen MR) is 363 cm³/mol. The fourth-order valence-electron chi connectivity index (χ4n) is 12.7. The van der Waals surface area contributed by atoms with Crippen molar-refractivity contribution in [1.29, 1.82) is 0 Å². The summed E-state index contributed by atoms with van der Waals surface area (Å²) < 4.78 is 11.2. The molecule has 0 bridgehead atoms. The number of nitrogens with one attached hydrogen (secondary N) is 1. The van der Waals surface area contributed by atoms with Crippen molar-refractivity contribution >= 4 is 5.91 Å². The predicted octanol–water partition coefficient (Wildman–Crippen LogP) is 19.0. The molecule has 0 aromatic heterocycles. The van der Waals surface area contributed by atoms with Gasteiger partial charge >= 0.3 is 0 Å². The van der Waals surface area contributed by atoms with Crippen LogP contribution in [0.3, 0.4) is 0 Å². The minimum absolute atomic E-state index is 0.265. The molecule has 1 aliphatic heterocycles. The van der Waals surface area contributed by atoms with Crippen molar-refractivity contribution in [1.82, 2.24) is 5.32 Å². The lowest BCUT2D eigenvalue weighted by atomic mass is 9.98. The lowest BCUT2D eigenvalue weighted by Gasteiger charge is -2.40. The SMILES string of the molecule is CCCCCCCCCCCCCCCCCC/C=C\CCCCCCCCCCCCCCCCCCC(O)C(=O)NC(COC1OC(CO)C(O)C(O)C1O)C(O)C(O)CCCCCCCCCCCCCCCCCCCCCCCCC. The van der Waals surface area contributed by atoms with Gasteiger partial charge in [-0.1, -0.05) is 366 Å². The number of carbonyl (C=O) groups is 1. The van der Waals surface area contributed by atoms with Crippen LogP contribution in [0.15, 0.2) is 12.2 Å².